The summed E-state index contributed by atoms with van der Waals surface area (Å²) >= 11 is 0. The highest BCUT2D eigenvalue weighted by Crippen LogP contribution is 2.28. The monoisotopic (exact) mass is 476 g/mol. The smallest absolute Gasteiger partial charge is 0.330 e. The number of rotatable bonds is 9. The minimum Gasteiger partial charge on any atom is -0.497 e. The standard InChI is InChI=1S/C24H28O10/c1-29-15-6-8-16(9-7-15)33-24-23(28)22(27)21(26)19(34-24)13-32-20(25)11-5-14-4-10-17(30-2)18(12-14)31-3/h4-12,19,21-24,26-28H,13H2,1-3H3/b11-5+/t19-,21-,22+,23-,24-/m1/s1. The van der Waals surface area contributed by atoms with Gasteiger partial charge in [0.2, 0.25) is 6.29 Å². The summed E-state index contributed by atoms with van der Waals surface area (Å²) in [7, 11) is 4.55. The molecule has 0 radical (unpaired) electrons. The Morgan fingerprint density at radius 3 is 2.21 bits per heavy atom. The van der Waals surface area contributed by atoms with Crippen LogP contribution in [0.25, 0.3) is 6.08 Å². The molecular formula is C24H28O10. The maximum Gasteiger partial charge on any atom is 0.330 e. The van der Waals surface area contributed by atoms with Gasteiger partial charge >= 0.3 is 5.97 Å². The van der Waals surface area contributed by atoms with Gasteiger partial charge in [-0.2, -0.15) is 0 Å². The van der Waals surface area contributed by atoms with Gasteiger partial charge in [-0.3, -0.25) is 0 Å². The molecule has 1 fully saturated rings. The van der Waals surface area contributed by atoms with Gasteiger partial charge in [-0.1, -0.05) is 6.07 Å². The van der Waals surface area contributed by atoms with Crippen LogP contribution in [0.15, 0.2) is 48.5 Å². The summed E-state index contributed by atoms with van der Waals surface area (Å²) in [4.78, 5) is 12.2. The summed E-state index contributed by atoms with van der Waals surface area (Å²) in [6.07, 6.45) is -4.27. The molecule has 10 nitrogen and oxygen atoms in total. The molecule has 34 heavy (non-hydrogen) atoms. The highest BCUT2D eigenvalue weighted by atomic mass is 16.7. The Labute approximate surface area is 196 Å². The van der Waals surface area contributed by atoms with E-state index < -0.39 is 36.7 Å². The summed E-state index contributed by atoms with van der Waals surface area (Å²) in [6, 6.07) is 11.6. The lowest BCUT2D eigenvalue weighted by Crippen LogP contribution is -2.60. The molecule has 0 spiro atoms. The largest absolute Gasteiger partial charge is 0.497 e. The van der Waals surface area contributed by atoms with Crippen LogP contribution in [0.2, 0.25) is 0 Å². The van der Waals surface area contributed by atoms with Gasteiger partial charge in [-0.05, 0) is 48.0 Å². The fraction of sp³-hybridized carbons (Fsp3) is 0.375. The average molecular weight is 476 g/mol. The van der Waals surface area contributed by atoms with Crippen molar-refractivity contribution in [2.75, 3.05) is 27.9 Å². The van der Waals surface area contributed by atoms with Gasteiger partial charge in [-0.25, -0.2) is 4.79 Å². The number of carbonyl (C=O) groups excluding carboxylic acids is 1. The number of benzene rings is 2. The average Bonchev–Trinajstić information content (AvgIpc) is 2.87. The highest BCUT2D eigenvalue weighted by molar-refractivity contribution is 5.87. The van der Waals surface area contributed by atoms with Gasteiger partial charge < -0.3 is 43.7 Å². The molecule has 1 aliphatic heterocycles. The minimum absolute atomic E-state index is 0.349. The van der Waals surface area contributed by atoms with E-state index in [1.54, 1.807) is 42.5 Å². The number of ether oxygens (including phenoxy) is 6. The molecular weight excluding hydrogens is 448 g/mol. The van der Waals surface area contributed by atoms with Crippen molar-refractivity contribution in [2.45, 2.75) is 30.7 Å². The lowest BCUT2D eigenvalue weighted by atomic mass is 9.99. The molecule has 1 saturated heterocycles. The van der Waals surface area contributed by atoms with Crippen molar-refractivity contribution in [3.63, 3.8) is 0 Å². The number of hydrogen-bond donors (Lipinski definition) is 3. The van der Waals surface area contributed by atoms with Crippen LogP contribution in [-0.4, -0.2) is 79.9 Å². The lowest BCUT2D eigenvalue weighted by molar-refractivity contribution is -0.278. The van der Waals surface area contributed by atoms with Crippen LogP contribution >= 0.6 is 0 Å². The topological polar surface area (TPSA) is 133 Å². The van der Waals surface area contributed by atoms with Crippen molar-refractivity contribution in [3.8, 4) is 23.0 Å². The van der Waals surface area contributed by atoms with Crippen molar-refractivity contribution >= 4 is 12.0 Å². The van der Waals surface area contributed by atoms with Crippen molar-refractivity contribution in [2.24, 2.45) is 0 Å². The van der Waals surface area contributed by atoms with Crippen LogP contribution in [0.4, 0.5) is 0 Å². The minimum atomic E-state index is -1.57. The zero-order valence-corrected chi connectivity index (χ0v) is 19.0. The van der Waals surface area contributed by atoms with E-state index >= 15 is 0 Å². The van der Waals surface area contributed by atoms with Crippen LogP contribution < -0.4 is 18.9 Å². The molecule has 5 atom stereocenters. The molecule has 0 bridgehead atoms. The number of aliphatic hydroxyl groups excluding tert-OH is 3. The van der Waals surface area contributed by atoms with Gasteiger partial charge in [0.15, 0.2) is 11.5 Å². The molecule has 0 aliphatic carbocycles. The highest BCUT2D eigenvalue weighted by Gasteiger charge is 2.45. The van der Waals surface area contributed by atoms with Crippen molar-refractivity contribution in [1.82, 2.24) is 0 Å². The molecule has 3 rings (SSSR count). The molecule has 184 valence electrons. The van der Waals surface area contributed by atoms with Gasteiger partial charge in [0.05, 0.1) is 21.3 Å². The van der Waals surface area contributed by atoms with E-state index in [-0.39, 0.29) is 6.61 Å². The summed E-state index contributed by atoms with van der Waals surface area (Å²) in [5.74, 6) is 1.32. The van der Waals surface area contributed by atoms with Gasteiger partial charge in [-0.15, -0.1) is 0 Å². The second-order valence-corrected chi connectivity index (χ2v) is 7.39. The van der Waals surface area contributed by atoms with E-state index in [2.05, 4.69) is 0 Å². The molecule has 3 N–H and O–H groups in total. The SMILES string of the molecule is COc1ccc(O[C@@H]2O[C@H](COC(=O)/C=C/c3ccc(OC)c(OC)c3)[C@@H](O)[C@H](O)[C@H]2O)cc1. The predicted molar refractivity (Wildman–Crippen MR) is 120 cm³/mol. The number of carbonyl (C=O) groups is 1. The third kappa shape index (κ3) is 6.17. The molecule has 1 heterocycles. The van der Waals surface area contributed by atoms with Crippen molar-refractivity contribution < 1.29 is 48.5 Å². The second kappa shape index (κ2) is 11.7. The molecule has 0 amide bonds. The quantitative estimate of drug-likeness (QED) is 0.358. The maximum atomic E-state index is 12.2. The third-order valence-corrected chi connectivity index (χ3v) is 5.19. The van der Waals surface area contributed by atoms with Crippen molar-refractivity contribution in [1.29, 1.82) is 0 Å². The van der Waals surface area contributed by atoms with E-state index in [0.29, 0.717) is 28.6 Å². The molecule has 0 unspecified atom stereocenters. The van der Waals surface area contributed by atoms with E-state index in [1.165, 1.54) is 33.5 Å². The Hall–Kier alpha value is -3.31. The Balaban J connectivity index is 1.58. The summed E-state index contributed by atoms with van der Waals surface area (Å²) in [5.41, 5.74) is 0.676. The van der Waals surface area contributed by atoms with Crippen LogP contribution in [0.1, 0.15) is 5.56 Å². The zero-order valence-electron chi connectivity index (χ0n) is 19.0. The Morgan fingerprint density at radius 2 is 1.56 bits per heavy atom. The molecule has 10 heteroatoms. The van der Waals surface area contributed by atoms with E-state index in [0.717, 1.165) is 0 Å². The second-order valence-electron chi connectivity index (χ2n) is 7.39. The van der Waals surface area contributed by atoms with E-state index in [4.69, 9.17) is 28.4 Å². The molecule has 2 aromatic rings. The fourth-order valence-electron chi connectivity index (χ4n) is 3.27. The van der Waals surface area contributed by atoms with Crippen LogP contribution in [0, 0.1) is 0 Å². The Kier molecular flexibility index (Phi) is 8.72. The maximum absolute atomic E-state index is 12.2. The van der Waals surface area contributed by atoms with Crippen LogP contribution in [0.3, 0.4) is 0 Å². The first-order valence-electron chi connectivity index (χ1n) is 10.4. The fourth-order valence-corrected chi connectivity index (χ4v) is 3.27. The molecule has 2 aromatic carbocycles. The lowest BCUT2D eigenvalue weighted by Gasteiger charge is -2.39. The number of aliphatic hydroxyl groups is 3. The normalized spacial score (nSPS) is 24.5. The predicted octanol–water partition coefficient (Wildman–Crippen LogP) is 1.16. The van der Waals surface area contributed by atoms with E-state index in [1.807, 2.05) is 0 Å². The van der Waals surface area contributed by atoms with Crippen LogP contribution in [-0.2, 0) is 14.3 Å². The van der Waals surface area contributed by atoms with Crippen molar-refractivity contribution in [3.05, 3.63) is 54.1 Å². The first-order chi connectivity index (χ1) is 16.4. The number of methoxy groups -OCH3 is 3. The molecule has 0 aromatic heterocycles. The number of hydrogen-bond acceptors (Lipinski definition) is 10. The third-order valence-electron chi connectivity index (χ3n) is 5.19. The van der Waals surface area contributed by atoms with E-state index in [9.17, 15) is 20.1 Å². The number of esters is 1. The summed E-state index contributed by atoms with van der Waals surface area (Å²) in [5, 5.41) is 30.7. The summed E-state index contributed by atoms with van der Waals surface area (Å²) in [6.45, 7) is -0.372. The van der Waals surface area contributed by atoms with Gasteiger partial charge in [0, 0.05) is 6.08 Å². The Bertz CT molecular complexity index is 974. The summed E-state index contributed by atoms with van der Waals surface area (Å²) < 4.78 is 31.8. The van der Waals surface area contributed by atoms with Gasteiger partial charge in [0.25, 0.3) is 0 Å². The Morgan fingerprint density at radius 1 is 0.882 bits per heavy atom. The van der Waals surface area contributed by atoms with Gasteiger partial charge in [0.1, 0.15) is 42.5 Å². The van der Waals surface area contributed by atoms with Crippen LogP contribution in [0.5, 0.6) is 23.0 Å². The zero-order chi connectivity index (χ0) is 24.7. The molecule has 1 aliphatic rings. The first kappa shape index (κ1) is 25.3. The molecule has 0 saturated carbocycles. The first-order valence-corrected chi connectivity index (χ1v) is 10.4.